The number of nitrogens with one attached hydrogen (secondary N) is 1. The fraction of sp³-hybridized carbons (Fsp3) is 0.267. The number of rotatable bonds is 2. The van der Waals surface area contributed by atoms with Crippen LogP contribution in [0.25, 0.3) is 10.8 Å². The van der Waals surface area contributed by atoms with E-state index in [9.17, 15) is 14.7 Å². The summed E-state index contributed by atoms with van der Waals surface area (Å²) in [5.41, 5.74) is -0.764. The number of benzene rings is 1. The Morgan fingerprint density at radius 2 is 1.90 bits per heavy atom. The van der Waals surface area contributed by atoms with E-state index in [0.29, 0.717) is 5.39 Å². The number of ether oxygens (including phenoxy) is 1. The molecule has 0 unspecified atom stereocenters. The molecule has 21 heavy (non-hydrogen) atoms. The van der Waals surface area contributed by atoms with Gasteiger partial charge in [0.1, 0.15) is 5.60 Å². The van der Waals surface area contributed by atoms with Gasteiger partial charge in [-0.05, 0) is 20.8 Å². The monoisotopic (exact) mass is 288 g/mol. The highest BCUT2D eigenvalue weighted by Gasteiger charge is 2.21. The van der Waals surface area contributed by atoms with Crippen LogP contribution in [0.1, 0.15) is 31.3 Å². The van der Waals surface area contributed by atoms with Gasteiger partial charge in [-0.2, -0.15) is 0 Å². The standard InChI is InChI=1S/C15H16N2O4/c1-15(2,3)21-14(20)17-11-10-7-5-4-6-9(10)8-16-12(11)13(18)19/h4-8H,1-3H3,(H,17,20)(H,18,19). The third-order valence-electron chi connectivity index (χ3n) is 2.63. The lowest BCUT2D eigenvalue weighted by atomic mass is 10.1. The number of anilines is 1. The third kappa shape index (κ3) is 3.47. The molecule has 2 N–H and O–H groups in total. The van der Waals surface area contributed by atoms with E-state index < -0.39 is 17.7 Å². The van der Waals surface area contributed by atoms with Gasteiger partial charge in [0.15, 0.2) is 5.69 Å². The quantitative estimate of drug-likeness (QED) is 0.885. The summed E-state index contributed by atoms with van der Waals surface area (Å²) in [5.74, 6) is -1.22. The second-order valence-electron chi connectivity index (χ2n) is 5.50. The van der Waals surface area contributed by atoms with Gasteiger partial charge in [-0.15, -0.1) is 0 Å². The van der Waals surface area contributed by atoms with E-state index in [1.165, 1.54) is 6.20 Å². The number of hydrogen-bond donors (Lipinski definition) is 2. The lowest BCUT2D eigenvalue weighted by Crippen LogP contribution is -2.28. The minimum atomic E-state index is -1.22. The zero-order valence-electron chi connectivity index (χ0n) is 12.0. The summed E-state index contributed by atoms with van der Waals surface area (Å²) in [5, 5.41) is 13.0. The SMILES string of the molecule is CC(C)(C)OC(=O)Nc1c(C(=O)O)ncc2ccccc12. The minimum absolute atomic E-state index is 0.134. The first kappa shape index (κ1) is 14.8. The van der Waals surface area contributed by atoms with E-state index in [-0.39, 0.29) is 11.4 Å². The van der Waals surface area contributed by atoms with Crippen LogP contribution < -0.4 is 5.32 Å². The van der Waals surface area contributed by atoms with Crippen molar-refractivity contribution in [3.8, 4) is 0 Å². The molecule has 1 aromatic heterocycles. The number of carboxylic acid groups (broad SMARTS) is 1. The highest BCUT2D eigenvalue weighted by Crippen LogP contribution is 2.26. The van der Waals surface area contributed by atoms with Crippen molar-refractivity contribution >= 4 is 28.5 Å². The van der Waals surface area contributed by atoms with Gasteiger partial charge in [-0.1, -0.05) is 24.3 Å². The summed E-state index contributed by atoms with van der Waals surface area (Å²) in [4.78, 5) is 27.1. The molecule has 1 aromatic carbocycles. The maximum absolute atomic E-state index is 11.9. The van der Waals surface area contributed by atoms with Gasteiger partial charge in [0.05, 0.1) is 5.69 Å². The molecule has 0 saturated carbocycles. The molecule has 6 nitrogen and oxygen atoms in total. The van der Waals surface area contributed by atoms with E-state index >= 15 is 0 Å². The molecule has 1 amide bonds. The van der Waals surface area contributed by atoms with Gasteiger partial charge in [0.2, 0.25) is 0 Å². The van der Waals surface area contributed by atoms with Crippen molar-refractivity contribution in [2.75, 3.05) is 5.32 Å². The van der Waals surface area contributed by atoms with Crippen LogP contribution in [-0.4, -0.2) is 27.8 Å². The van der Waals surface area contributed by atoms with Crippen molar-refractivity contribution in [3.63, 3.8) is 0 Å². The number of fused-ring (bicyclic) bond motifs is 1. The van der Waals surface area contributed by atoms with Crippen LogP contribution in [-0.2, 0) is 4.74 Å². The number of carbonyl (C=O) groups excluding carboxylic acids is 1. The molecule has 1 heterocycles. The Morgan fingerprint density at radius 1 is 1.24 bits per heavy atom. The highest BCUT2D eigenvalue weighted by molar-refractivity contribution is 6.08. The molecule has 0 aliphatic carbocycles. The van der Waals surface area contributed by atoms with Crippen LogP contribution in [0, 0.1) is 0 Å². The molecule has 0 radical (unpaired) electrons. The van der Waals surface area contributed by atoms with E-state index in [0.717, 1.165) is 5.39 Å². The van der Waals surface area contributed by atoms with Gasteiger partial charge in [0.25, 0.3) is 0 Å². The van der Waals surface area contributed by atoms with Crippen LogP contribution in [0.5, 0.6) is 0 Å². The van der Waals surface area contributed by atoms with Gasteiger partial charge >= 0.3 is 12.1 Å². The van der Waals surface area contributed by atoms with Crippen molar-refractivity contribution in [1.29, 1.82) is 0 Å². The second kappa shape index (κ2) is 5.40. The molecule has 0 spiro atoms. The van der Waals surface area contributed by atoms with Crippen molar-refractivity contribution in [2.24, 2.45) is 0 Å². The first-order chi connectivity index (χ1) is 9.78. The Balaban J connectivity index is 2.47. The van der Waals surface area contributed by atoms with Crippen molar-refractivity contribution in [3.05, 3.63) is 36.2 Å². The molecular weight excluding hydrogens is 272 g/mol. The number of amides is 1. The molecule has 110 valence electrons. The number of hydrogen-bond acceptors (Lipinski definition) is 4. The Bertz CT molecular complexity index is 704. The summed E-state index contributed by atoms with van der Waals surface area (Å²) in [6.45, 7) is 5.18. The van der Waals surface area contributed by atoms with E-state index in [2.05, 4.69) is 10.3 Å². The summed E-state index contributed by atoms with van der Waals surface area (Å²) < 4.78 is 5.15. The topological polar surface area (TPSA) is 88.5 Å². The van der Waals surface area contributed by atoms with Crippen LogP contribution in [0.15, 0.2) is 30.5 Å². The lowest BCUT2D eigenvalue weighted by Gasteiger charge is -2.20. The lowest BCUT2D eigenvalue weighted by molar-refractivity contribution is 0.0636. The number of aromatic carboxylic acids is 1. The maximum atomic E-state index is 11.9. The summed E-state index contributed by atoms with van der Waals surface area (Å²) in [6, 6.07) is 7.07. The smallest absolute Gasteiger partial charge is 0.412 e. The molecule has 0 bridgehead atoms. The van der Waals surface area contributed by atoms with Crippen LogP contribution >= 0.6 is 0 Å². The average Bonchev–Trinajstić information content (AvgIpc) is 2.36. The first-order valence-electron chi connectivity index (χ1n) is 6.39. The predicted octanol–water partition coefficient (Wildman–Crippen LogP) is 3.28. The molecule has 6 heteroatoms. The van der Waals surface area contributed by atoms with Gasteiger partial charge in [0, 0.05) is 17.0 Å². The normalized spacial score (nSPS) is 11.2. The fourth-order valence-corrected chi connectivity index (χ4v) is 1.86. The largest absolute Gasteiger partial charge is 0.476 e. The Morgan fingerprint density at radius 3 is 2.52 bits per heavy atom. The Hall–Kier alpha value is -2.63. The zero-order chi connectivity index (χ0) is 15.6. The first-order valence-corrected chi connectivity index (χ1v) is 6.39. The average molecular weight is 288 g/mol. The van der Waals surface area contributed by atoms with E-state index in [1.807, 2.05) is 6.07 Å². The van der Waals surface area contributed by atoms with Gasteiger partial charge in [-0.3, -0.25) is 5.32 Å². The maximum Gasteiger partial charge on any atom is 0.412 e. The number of pyridine rings is 1. The van der Waals surface area contributed by atoms with E-state index in [1.54, 1.807) is 39.0 Å². The molecule has 0 aliphatic heterocycles. The molecule has 2 aromatic rings. The third-order valence-corrected chi connectivity index (χ3v) is 2.63. The molecule has 0 fully saturated rings. The molecule has 0 aliphatic rings. The molecule has 0 saturated heterocycles. The fourth-order valence-electron chi connectivity index (χ4n) is 1.86. The van der Waals surface area contributed by atoms with Crippen LogP contribution in [0.4, 0.5) is 10.5 Å². The number of nitrogens with zero attached hydrogens (tertiary/aromatic N) is 1. The Labute approximate surface area is 121 Å². The summed E-state index contributed by atoms with van der Waals surface area (Å²) in [6.07, 6.45) is 0.738. The van der Waals surface area contributed by atoms with Crippen molar-refractivity contribution in [2.45, 2.75) is 26.4 Å². The van der Waals surface area contributed by atoms with E-state index in [4.69, 9.17) is 4.74 Å². The van der Waals surface area contributed by atoms with Crippen LogP contribution in [0.2, 0.25) is 0 Å². The molecular formula is C15H16N2O4. The van der Waals surface area contributed by atoms with Gasteiger partial charge < -0.3 is 9.84 Å². The highest BCUT2D eigenvalue weighted by atomic mass is 16.6. The summed E-state index contributed by atoms with van der Waals surface area (Å²) >= 11 is 0. The number of carboxylic acids is 1. The minimum Gasteiger partial charge on any atom is -0.476 e. The Kier molecular flexibility index (Phi) is 3.80. The summed E-state index contributed by atoms with van der Waals surface area (Å²) in [7, 11) is 0. The van der Waals surface area contributed by atoms with Crippen molar-refractivity contribution in [1.82, 2.24) is 4.98 Å². The number of carbonyl (C=O) groups is 2. The second-order valence-corrected chi connectivity index (χ2v) is 5.50. The number of aromatic nitrogens is 1. The zero-order valence-corrected chi connectivity index (χ0v) is 12.0. The predicted molar refractivity (Wildman–Crippen MR) is 78.6 cm³/mol. The van der Waals surface area contributed by atoms with Gasteiger partial charge in [-0.25, -0.2) is 14.6 Å². The molecule has 2 rings (SSSR count). The molecule has 0 atom stereocenters. The van der Waals surface area contributed by atoms with Crippen molar-refractivity contribution < 1.29 is 19.4 Å². The van der Waals surface area contributed by atoms with Crippen LogP contribution in [0.3, 0.4) is 0 Å².